The van der Waals surface area contributed by atoms with Crippen LogP contribution in [-0.2, 0) is 16.1 Å². The molecule has 1 unspecified atom stereocenters. The summed E-state index contributed by atoms with van der Waals surface area (Å²) >= 11 is 1.43. The molecular formula is C24H23N3O2S. The van der Waals surface area contributed by atoms with Crippen molar-refractivity contribution in [1.29, 1.82) is 0 Å². The number of carbonyl (C=O) groups excluding carboxylic acids is 2. The number of hydrogen-bond donors (Lipinski definition) is 0. The Hall–Kier alpha value is -3.25. The third kappa shape index (κ3) is 4.33. The molecule has 1 aromatic heterocycles. The SMILES string of the molecule is C=CCN(C(=O)C1CC(=O)N(Cc2ccccc2)C1)c1nc(-c2ccccc2)cs1. The Bertz CT molecular complexity index is 1030. The first kappa shape index (κ1) is 20.0. The summed E-state index contributed by atoms with van der Waals surface area (Å²) in [7, 11) is 0. The van der Waals surface area contributed by atoms with E-state index >= 15 is 0 Å². The molecule has 1 fully saturated rings. The fourth-order valence-electron chi connectivity index (χ4n) is 3.64. The minimum atomic E-state index is -0.370. The van der Waals surface area contributed by atoms with Crippen LogP contribution in [0.15, 0.2) is 78.7 Å². The zero-order chi connectivity index (χ0) is 20.9. The van der Waals surface area contributed by atoms with E-state index in [9.17, 15) is 9.59 Å². The number of benzene rings is 2. The van der Waals surface area contributed by atoms with Crippen LogP contribution in [0, 0.1) is 5.92 Å². The molecule has 5 nitrogen and oxygen atoms in total. The molecule has 0 spiro atoms. The molecular weight excluding hydrogens is 394 g/mol. The van der Waals surface area contributed by atoms with Crippen molar-refractivity contribution in [2.45, 2.75) is 13.0 Å². The van der Waals surface area contributed by atoms with Crippen molar-refractivity contribution in [3.63, 3.8) is 0 Å². The van der Waals surface area contributed by atoms with Gasteiger partial charge in [0.15, 0.2) is 5.13 Å². The van der Waals surface area contributed by atoms with Gasteiger partial charge in [0.25, 0.3) is 0 Å². The zero-order valence-electron chi connectivity index (χ0n) is 16.6. The Balaban J connectivity index is 1.49. The highest BCUT2D eigenvalue weighted by Crippen LogP contribution is 2.30. The topological polar surface area (TPSA) is 53.5 Å². The molecule has 0 N–H and O–H groups in total. The molecule has 2 aromatic carbocycles. The molecule has 1 aliphatic heterocycles. The molecule has 4 rings (SSSR count). The van der Waals surface area contributed by atoms with Gasteiger partial charge in [0.1, 0.15) is 0 Å². The molecule has 152 valence electrons. The molecule has 0 bridgehead atoms. The van der Waals surface area contributed by atoms with E-state index in [2.05, 4.69) is 11.6 Å². The van der Waals surface area contributed by atoms with Gasteiger partial charge >= 0.3 is 0 Å². The summed E-state index contributed by atoms with van der Waals surface area (Å²) in [5.41, 5.74) is 2.91. The van der Waals surface area contributed by atoms with E-state index in [1.165, 1.54) is 11.3 Å². The fourth-order valence-corrected chi connectivity index (χ4v) is 4.48. The van der Waals surface area contributed by atoms with Crippen LogP contribution in [0.3, 0.4) is 0 Å². The molecule has 1 aliphatic rings. The van der Waals surface area contributed by atoms with Crippen LogP contribution in [0.5, 0.6) is 0 Å². The summed E-state index contributed by atoms with van der Waals surface area (Å²) in [6, 6.07) is 19.7. The number of thiazole rings is 1. The Labute approximate surface area is 180 Å². The molecule has 2 heterocycles. The predicted molar refractivity (Wildman–Crippen MR) is 120 cm³/mol. The first-order valence-corrected chi connectivity index (χ1v) is 10.8. The van der Waals surface area contributed by atoms with Gasteiger partial charge in [-0.2, -0.15) is 0 Å². The van der Waals surface area contributed by atoms with E-state index in [1.807, 2.05) is 66.0 Å². The zero-order valence-corrected chi connectivity index (χ0v) is 17.4. The number of rotatable bonds is 7. The molecule has 30 heavy (non-hydrogen) atoms. The standard InChI is InChI=1S/C24H23N3O2S/c1-2-13-27(24-25-21(17-30-24)19-11-7-4-8-12-19)23(29)20-14-22(28)26(16-20)15-18-9-5-3-6-10-18/h2-12,17,20H,1,13-16H2. The van der Waals surface area contributed by atoms with Crippen LogP contribution < -0.4 is 4.90 Å². The number of hydrogen-bond acceptors (Lipinski definition) is 4. The van der Waals surface area contributed by atoms with Crippen molar-refractivity contribution in [3.05, 3.63) is 84.3 Å². The molecule has 1 atom stereocenters. The number of anilines is 1. The van der Waals surface area contributed by atoms with Crippen LogP contribution in [-0.4, -0.2) is 34.8 Å². The number of aromatic nitrogens is 1. The van der Waals surface area contributed by atoms with E-state index in [1.54, 1.807) is 15.9 Å². The van der Waals surface area contributed by atoms with Gasteiger partial charge in [0, 0.05) is 37.0 Å². The summed E-state index contributed by atoms with van der Waals surface area (Å²) in [5, 5.41) is 2.59. The molecule has 0 aliphatic carbocycles. The average molecular weight is 418 g/mol. The van der Waals surface area contributed by atoms with Gasteiger partial charge in [0.05, 0.1) is 11.6 Å². The Kier molecular flexibility index (Phi) is 6.05. The Morgan fingerprint density at radius 1 is 1.17 bits per heavy atom. The lowest BCUT2D eigenvalue weighted by Gasteiger charge is -2.22. The molecule has 0 radical (unpaired) electrons. The van der Waals surface area contributed by atoms with Gasteiger partial charge in [-0.15, -0.1) is 17.9 Å². The van der Waals surface area contributed by atoms with Gasteiger partial charge in [0.2, 0.25) is 11.8 Å². The van der Waals surface area contributed by atoms with E-state index in [4.69, 9.17) is 0 Å². The third-order valence-corrected chi connectivity index (χ3v) is 6.01. The molecule has 0 saturated carbocycles. The summed E-state index contributed by atoms with van der Waals surface area (Å²) in [6.07, 6.45) is 1.93. The largest absolute Gasteiger partial charge is 0.338 e. The maximum atomic E-state index is 13.3. The third-order valence-electron chi connectivity index (χ3n) is 5.15. The van der Waals surface area contributed by atoms with Gasteiger partial charge in [-0.05, 0) is 5.56 Å². The molecule has 6 heteroatoms. The number of carbonyl (C=O) groups is 2. The minimum Gasteiger partial charge on any atom is -0.338 e. The highest BCUT2D eigenvalue weighted by molar-refractivity contribution is 7.14. The normalized spacial score (nSPS) is 15.9. The summed E-state index contributed by atoms with van der Waals surface area (Å²) in [4.78, 5) is 33.9. The quantitative estimate of drug-likeness (QED) is 0.536. The highest BCUT2D eigenvalue weighted by atomic mass is 32.1. The number of likely N-dealkylation sites (tertiary alicyclic amines) is 1. The van der Waals surface area contributed by atoms with Gasteiger partial charge in [-0.1, -0.05) is 66.7 Å². The second kappa shape index (κ2) is 9.05. The van der Waals surface area contributed by atoms with Crippen molar-refractivity contribution in [3.8, 4) is 11.3 Å². The average Bonchev–Trinajstić information content (AvgIpc) is 3.40. The maximum Gasteiger partial charge on any atom is 0.234 e. The maximum absolute atomic E-state index is 13.3. The van der Waals surface area contributed by atoms with Gasteiger partial charge in [-0.25, -0.2) is 4.98 Å². The lowest BCUT2D eigenvalue weighted by Crippen LogP contribution is -2.37. The highest BCUT2D eigenvalue weighted by Gasteiger charge is 2.37. The van der Waals surface area contributed by atoms with Crippen LogP contribution in [0.25, 0.3) is 11.3 Å². The van der Waals surface area contributed by atoms with E-state index in [0.717, 1.165) is 16.8 Å². The van der Waals surface area contributed by atoms with Crippen LogP contribution in [0.4, 0.5) is 5.13 Å². The van der Waals surface area contributed by atoms with Crippen molar-refractivity contribution in [1.82, 2.24) is 9.88 Å². The second-order valence-corrected chi connectivity index (χ2v) is 8.12. The van der Waals surface area contributed by atoms with Crippen LogP contribution >= 0.6 is 11.3 Å². The van der Waals surface area contributed by atoms with Gasteiger partial charge in [-0.3, -0.25) is 14.5 Å². The van der Waals surface area contributed by atoms with Crippen molar-refractivity contribution < 1.29 is 9.59 Å². The number of amides is 2. The van der Waals surface area contributed by atoms with E-state index in [-0.39, 0.29) is 24.2 Å². The van der Waals surface area contributed by atoms with Gasteiger partial charge < -0.3 is 4.90 Å². The first-order chi connectivity index (χ1) is 14.7. The molecule has 2 amide bonds. The Morgan fingerprint density at radius 2 is 1.87 bits per heavy atom. The number of nitrogens with zero attached hydrogens (tertiary/aromatic N) is 3. The molecule has 1 saturated heterocycles. The van der Waals surface area contributed by atoms with Crippen molar-refractivity contribution in [2.75, 3.05) is 18.0 Å². The first-order valence-electron chi connectivity index (χ1n) is 9.90. The lowest BCUT2D eigenvalue weighted by molar-refractivity contribution is -0.128. The summed E-state index contributed by atoms with van der Waals surface area (Å²) < 4.78 is 0. The Morgan fingerprint density at radius 3 is 2.57 bits per heavy atom. The fraction of sp³-hybridized carbons (Fsp3) is 0.208. The predicted octanol–water partition coefficient (Wildman–Crippen LogP) is 4.38. The lowest BCUT2D eigenvalue weighted by atomic mass is 10.1. The van der Waals surface area contributed by atoms with Crippen molar-refractivity contribution >= 4 is 28.3 Å². The van der Waals surface area contributed by atoms with Crippen LogP contribution in [0.1, 0.15) is 12.0 Å². The van der Waals surface area contributed by atoms with Crippen LogP contribution in [0.2, 0.25) is 0 Å². The monoisotopic (exact) mass is 417 g/mol. The van der Waals surface area contributed by atoms with E-state index in [0.29, 0.717) is 24.8 Å². The summed E-state index contributed by atoms with van der Waals surface area (Å²) in [6.45, 7) is 5.11. The molecule has 3 aromatic rings. The smallest absolute Gasteiger partial charge is 0.234 e. The summed E-state index contributed by atoms with van der Waals surface area (Å²) in [5.74, 6) is -0.433. The van der Waals surface area contributed by atoms with Crippen molar-refractivity contribution in [2.24, 2.45) is 5.92 Å². The second-order valence-electron chi connectivity index (χ2n) is 7.28. The minimum absolute atomic E-state index is 0.0138. The van der Waals surface area contributed by atoms with E-state index < -0.39 is 0 Å².